The molecule has 1 atom stereocenters. The SMILES string of the molecule is CCCN(C=N)C(=N)CS(=O)c1ccc(N)cc1. The second-order valence-corrected chi connectivity index (χ2v) is 5.28. The lowest BCUT2D eigenvalue weighted by molar-refractivity contribution is 0.599. The number of anilines is 1. The van der Waals surface area contributed by atoms with E-state index in [4.69, 9.17) is 16.6 Å². The van der Waals surface area contributed by atoms with Gasteiger partial charge in [-0.05, 0) is 30.7 Å². The molecule has 0 bridgehead atoms. The number of benzene rings is 1. The molecule has 5 nitrogen and oxygen atoms in total. The largest absolute Gasteiger partial charge is 0.399 e. The molecular formula is C12H18N4OS. The smallest absolute Gasteiger partial charge is 0.114 e. The van der Waals surface area contributed by atoms with E-state index in [0.29, 0.717) is 17.1 Å². The van der Waals surface area contributed by atoms with Crippen LogP contribution in [0.2, 0.25) is 0 Å². The van der Waals surface area contributed by atoms with Crippen molar-refractivity contribution in [2.45, 2.75) is 18.2 Å². The van der Waals surface area contributed by atoms with Crippen LogP contribution in [0, 0.1) is 10.8 Å². The van der Waals surface area contributed by atoms with Crippen LogP contribution in [0.4, 0.5) is 5.69 Å². The Morgan fingerprint density at radius 3 is 2.56 bits per heavy atom. The monoisotopic (exact) mass is 266 g/mol. The molecule has 0 heterocycles. The van der Waals surface area contributed by atoms with Crippen LogP contribution >= 0.6 is 0 Å². The van der Waals surface area contributed by atoms with Crippen molar-refractivity contribution in [1.82, 2.24) is 4.90 Å². The third-order valence-corrected chi connectivity index (χ3v) is 3.71. The minimum Gasteiger partial charge on any atom is -0.399 e. The number of nitrogens with one attached hydrogen (secondary N) is 2. The predicted molar refractivity (Wildman–Crippen MR) is 75.6 cm³/mol. The van der Waals surface area contributed by atoms with Crippen LogP contribution in [0.5, 0.6) is 0 Å². The lowest BCUT2D eigenvalue weighted by Gasteiger charge is -2.18. The molecule has 98 valence electrons. The first-order valence-electron chi connectivity index (χ1n) is 5.67. The standard InChI is InChI=1S/C12H18N4OS/c1-2-7-16(9-13)12(15)8-18(17)11-5-3-10(14)4-6-11/h3-6,9,13,15H,2,7-8,14H2,1H3. The van der Waals surface area contributed by atoms with Crippen LogP contribution < -0.4 is 5.73 Å². The predicted octanol–water partition coefficient (Wildman–Crippen LogP) is 1.67. The highest BCUT2D eigenvalue weighted by atomic mass is 32.2. The number of hydrogen-bond acceptors (Lipinski definition) is 4. The van der Waals surface area contributed by atoms with E-state index in [0.717, 1.165) is 12.8 Å². The van der Waals surface area contributed by atoms with E-state index in [9.17, 15) is 4.21 Å². The third-order valence-electron chi connectivity index (χ3n) is 2.38. The fourth-order valence-electron chi connectivity index (χ4n) is 1.43. The summed E-state index contributed by atoms with van der Waals surface area (Å²) in [4.78, 5) is 2.14. The van der Waals surface area contributed by atoms with Crippen LogP contribution in [-0.2, 0) is 10.8 Å². The van der Waals surface area contributed by atoms with Gasteiger partial charge in [-0.2, -0.15) is 0 Å². The molecule has 1 rings (SSSR count). The minimum atomic E-state index is -1.27. The van der Waals surface area contributed by atoms with Crippen molar-refractivity contribution in [2.24, 2.45) is 0 Å². The van der Waals surface area contributed by atoms with E-state index >= 15 is 0 Å². The van der Waals surface area contributed by atoms with Gasteiger partial charge in [0.15, 0.2) is 0 Å². The zero-order chi connectivity index (χ0) is 13.5. The Morgan fingerprint density at radius 2 is 2.06 bits per heavy atom. The molecule has 0 fully saturated rings. The first kappa shape index (κ1) is 14.4. The number of nitrogen functional groups attached to an aromatic ring is 1. The van der Waals surface area contributed by atoms with Gasteiger partial charge < -0.3 is 10.6 Å². The summed E-state index contributed by atoms with van der Waals surface area (Å²) in [5.74, 6) is 0.307. The summed E-state index contributed by atoms with van der Waals surface area (Å²) in [6.07, 6.45) is 1.94. The van der Waals surface area contributed by atoms with Crippen molar-refractivity contribution in [3.63, 3.8) is 0 Å². The average Bonchev–Trinajstić information content (AvgIpc) is 2.36. The van der Waals surface area contributed by atoms with Crippen molar-refractivity contribution >= 4 is 28.7 Å². The molecule has 0 saturated heterocycles. The molecule has 0 aliphatic carbocycles. The molecular weight excluding hydrogens is 248 g/mol. The van der Waals surface area contributed by atoms with E-state index in [-0.39, 0.29) is 11.6 Å². The summed E-state index contributed by atoms with van der Waals surface area (Å²) in [6, 6.07) is 6.79. The maximum atomic E-state index is 12.0. The van der Waals surface area contributed by atoms with E-state index in [1.165, 1.54) is 4.90 Å². The van der Waals surface area contributed by atoms with Crippen molar-refractivity contribution in [3.05, 3.63) is 24.3 Å². The van der Waals surface area contributed by atoms with Gasteiger partial charge in [0.2, 0.25) is 0 Å². The van der Waals surface area contributed by atoms with Gasteiger partial charge in [-0.1, -0.05) is 6.92 Å². The molecule has 0 radical (unpaired) electrons. The second-order valence-electron chi connectivity index (χ2n) is 3.83. The summed E-state index contributed by atoms with van der Waals surface area (Å²) in [5, 5.41) is 15.0. The fraction of sp³-hybridized carbons (Fsp3) is 0.333. The normalized spacial score (nSPS) is 11.8. The number of nitrogens with two attached hydrogens (primary N) is 1. The lowest BCUT2D eigenvalue weighted by atomic mass is 10.3. The number of hydrogen-bond donors (Lipinski definition) is 3. The van der Waals surface area contributed by atoms with Gasteiger partial charge in [-0.15, -0.1) is 0 Å². The third kappa shape index (κ3) is 3.96. The molecule has 1 unspecified atom stereocenters. The van der Waals surface area contributed by atoms with Gasteiger partial charge in [-0.25, -0.2) is 0 Å². The van der Waals surface area contributed by atoms with Gasteiger partial charge in [0, 0.05) is 17.1 Å². The molecule has 0 saturated carbocycles. The Morgan fingerprint density at radius 1 is 1.44 bits per heavy atom. The molecule has 0 aliphatic heterocycles. The Labute approximate surface area is 109 Å². The van der Waals surface area contributed by atoms with Gasteiger partial charge in [0.05, 0.1) is 22.9 Å². The zero-order valence-corrected chi connectivity index (χ0v) is 11.2. The first-order chi connectivity index (χ1) is 8.58. The Balaban J connectivity index is 2.66. The molecule has 18 heavy (non-hydrogen) atoms. The highest BCUT2D eigenvalue weighted by Crippen LogP contribution is 2.10. The van der Waals surface area contributed by atoms with Crippen LogP contribution in [0.25, 0.3) is 0 Å². The molecule has 0 aromatic heterocycles. The van der Waals surface area contributed by atoms with Gasteiger partial charge in [0.25, 0.3) is 0 Å². The van der Waals surface area contributed by atoms with Crippen molar-refractivity contribution in [2.75, 3.05) is 18.0 Å². The molecule has 6 heteroatoms. The minimum absolute atomic E-state index is 0.110. The highest BCUT2D eigenvalue weighted by Gasteiger charge is 2.11. The number of amidine groups is 1. The van der Waals surface area contributed by atoms with Crippen molar-refractivity contribution < 1.29 is 4.21 Å². The summed E-state index contributed by atoms with van der Waals surface area (Å²) in [7, 11) is -1.27. The van der Waals surface area contributed by atoms with Crippen LogP contribution in [0.1, 0.15) is 13.3 Å². The number of nitrogens with zero attached hydrogens (tertiary/aromatic N) is 1. The number of rotatable bonds is 6. The second kappa shape index (κ2) is 6.90. The molecule has 0 amide bonds. The van der Waals surface area contributed by atoms with E-state index in [1.54, 1.807) is 24.3 Å². The Bertz CT molecular complexity index is 444. The summed E-state index contributed by atoms with van der Waals surface area (Å²) in [5.41, 5.74) is 6.18. The van der Waals surface area contributed by atoms with E-state index < -0.39 is 10.8 Å². The Kier molecular flexibility index (Phi) is 5.51. The summed E-state index contributed by atoms with van der Waals surface area (Å²) < 4.78 is 12.0. The maximum Gasteiger partial charge on any atom is 0.114 e. The van der Waals surface area contributed by atoms with E-state index in [2.05, 4.69) is 0 Å². The molecule has 1 aromatic rings. The van der Waals surface area contributed by atoms with Gasteiger partial charge in [0.1, 0.15) is 5.84 Å². The fourth-order valence-corrected chi connectivity index (χ4v) is 2.45. The van der Waals surface area contributed by atoms with E-state index in [1.807, 2.05) is 6.92 Å². The van der Waals surface area contributed by atoms with Crippen LogP contribution in [0.15, 0.2) is 29.2 Å². The molecule has 0 aliphatic rings. The zero-order valence-electron chi connectivity index (χ0n) is 10.3. The Hall–Kier alpha value is -1.69. The first-order valence-corrected chi connectivity index (χ1v) is 6.99. The quantitative estimate of drug-likeness (QED) is 0.415. The average molecular weight is 266 g/mol. The maximum absolute atomic E-state index is 12.0. The topological polar surface area (TPSA) is 94.0 Å². The van der Waals surface area contributed by atoms with Crippen molar-refractivity contribution in [1.29, 1.82) is 10.8 Å². The summed E-state index contributed by atoms with van der Waals surface area (Å²) in [6.45, 7) is 2.57. The summed E-state index contributed by atoms with van der Waals surface area (Å²) >= 11 is 0. The van der Waals surface area contributed by atoms with Gasteiger partial charge >= 0.3 is 0 Å². The molecule has 4 N–H and O–H groups in total. The van der Waals surface area contributed by atoms with Crippen LogP contribution in [-0.4, -0.2) is 33.6 Å². The molecule has 0 spiro atoms. The van der Waals surface area contributed by atoms with Crippen LogP contribution in [0.3, 0.4) is 0 Å². The highest BCUT2D eigenvalue weighted by molar-refractivity contribution is 7.85. The molecule has 1 aromatic carbocycles. The van der Waals surface area contributed by atoms with Gasteiger partial charge in [-0.3, -0.25) is 15.0 Å². The lowest BCUT2D eigenvalue weighted by Crippen LogP contribution is -2.33. The van der Waals surface area contributed by atoms with Crippen molar-refractivity contribution in [3.8, 4) is 0 Å².